The molecule has 0 aliphatic carbocycles. The van der Waals surface area contributed by atoms with Gasteiger partial charge in [-0.3, -0.25) is 4.79 Å². The number of esters is 1. The lowest BCUT2D eigenvalue weighted by Gasteiger charge is -2.29. The van der Waals surface area contributed by atoms with Gasteiger partial charge in [0.2, 0.25) is 0 Å². The summed E-state index contributed by atoms with van der Waals surface area (Å²) in [6, 6.07) is 7.64. The fourth-order valence-corrected chi connectivity index (χ4v) is 6.51. The Morgan fingerprint density at radius 1 is 1.14 bits per heavy atom. The molecule has 0 spiro atoms. The summed E-state index contributed by atoms with van der Waals surface area (Å²) in [5.41, 5.74) is -1.02. The molecule has 1 aliphatic rings. The molecule has 2 aromatic rings. The van der Waals surface area contributed by atoms with Gasteiger partial charge in [0.15, 0.2) is 0 Å². The van der Waals surface area contributed by atoms with Crippen LogP contribution in [-0.2, 0) is 21.0 Å². The first-order chi connectivity index (χ1) is 13.1. The minimum Gasteiger partial charge on any atom is -0.426 e. The number of thiophene rings is 1. The second-order valence-electron chi connectivity index (χ2n) is 6.15. The third-order valence-electron chi connectivity index (χ3n) is 4.33. The average Bonchev–Trinajstić information content (AvgIpc) is 3.08. The van der Waals surface area contributed by atoms with Crippen LogP contribution < -0.4 is 4.74 Å². The van der Waals surface area contributed by atoms with Gasteiger partial charge >= 0.3 is 12.1 Å². The molecule has 1 saturated heterocycles. The molecule has 0 bridgehead atoms. The third kappa shape index (κ3) is 4.58. The molecule has 1 aromatic heterocycles. The van der Waals surface area contributed by atoms with E-state index in [2.05, 4.69) is 15.9 Å². The van der Waals surface area contributed by atoms with Crippen molar-refractivity contribution in [1.82, 2.24) is 4.31 Å². The molecule has 3 rings (SSSR count). The Morgan fingerprint density at radius 3 is 2.36 bits per heavy atom. The number of ether oxygens (including phenoxy) is 1. The number of piperidine rings is 1. The van der Waals surface area contributed by atoms with Gasteiger partial charge in [0.1, 0.15) is 9.96 Å². The van der Waals surface area contributed by atoms with E-state index in [0.717, 1.165) is 23.5 Å². The number of rotatable bonds is 4. The molecular weight excluding hydrogens is 483 g/mol. The number of carbonyl (C=O) groups excluding carboxylic acids is 1. The highest BCUT2D eigenvalue weighted by atomic mass is 79.9. The molecule has 1 aromatic carbocycles. The standard InChI is InChI=1S/C17H15BrF3NO4S2/c18-14-5-6-15(27-14)28(24,25)22-9-7-11(8-10-22)16(23)26-13-4-2-1-3-12(13)17(19,20)21/h1-6,11H,7-10H2. The van der Waals surface area contributed by atoms with Crippen LogP contribution in [0, 0.1) is 5.92 Å². The van der Waals surface area contributed by atoms with Crippen molar-refractivity contribution in [2.45, 2.75) is 23.2 Å². The lowest BCUT2D eigenvalue weighted by Crippen LogP contribution is -2.40. The summed E-state index contributed by atoms with van der Waals surface area (Å²) < 4.78 is 71.4. The van der Waals surface area contributed by atoms with Gasteiger partial charge in [-0.25, -0.2) is 8.42 Å². The number of halogens is 4. The second kappa shape index (κ2) is 8.13. The maximum atomic E-state index is 13.0. The van der Waals surface area contributed by atoms with Crippen LogP contribution in [0.4, 0.5) is 13.2 Å². The Labute approximate surface area is 172 Å². The molecule has 2 heterocycles. The number of sulfonamides is 1. The second-order valence-corrected chi connectivity index (χ2v) is 10.8. The molecule has 1 fully saturated rings. The zero-order valence-corrected chi connectivity index (χ0v) is 17.5. The SMILES string of the molecule is O=C(Oc1ccccc1C(F)(F)F)C1CCN(S(=O)(=O)c2ccc(Br)s2)CC1. The fourth-order valence-electron chi connectivity index (χ4n) is 2.88. The maximum absolute atomic E-state index is 13.0. The highest BCUT2D eigenvalue weighted by Crippen LogP contribution is 2.37. The molecule has 152 valence electrons. The first-order valence-corrected chi connectivity index (χ1v) is 11.3. The highest BCUT2D eigenvalue weighted by molar-refractivity contribution is 9.11. The van der Waals surface area contributed by atoms with E-state index < -0.39 is 39.4 Å². The molecule has 0 atom stereocenters. The lowest BCUT2D eigenvalue weighted by molar-refractivity contribution is -0.145. The van der Waals surface area contributed by atoms with Crippen molar-refractivity contribution in [3.05, 3.63) is 45.7 Å². The van der Waals surface area contributed by atoms with Crippen LogP contribution in [0.15, 0.2) is 44.4 Å². The first kappa shape index (κ1) is 21.3. The van der Waals surface area contributed by atoms with Crippen LogP contribution in [0.25, 0.3) is 0 Å². The van der Waals surface area contributed by atoms with Crippen LogP contribution >= 0.6 is 27.3 Å². The number of carbonyl (C=O) groups is 1. The van der Waals surface area contributed by atoms with Crippen molar-refractivity contribution in [2.24, 2.45) is 5.92 Å². The summed E-state index contributed by atoms with van der Waals surface area (Å²) in [7, 11) is -3.65. The highest BCUT2D eigenvalue weighted by Gasteiger charge is 2.37. The van der Waals surface area contributed by atoms with Crippen molar-refractivity contribution in [3.63, 3.8) is 0 Å². The van der Waals surface area contributed by atoms with E-state index in [-0.39, 0.29) is 30.1 Å². The van der Waals surface area contributed by atoms with Crippen LogP contribution in [-0.4, -0.2) is 31.8 Å². The zero-order valence-electron chi connectivity index (χ0n) is 14.3. The minimum absolute atomic E-state index is 0.0958. The van der Waals surface area contributed by atoms with Gasteiger partial charge < -0.3 is 4.74 Å². The molecule has 0 N–H and O–H groups in total. The lowest BCUT2D eigenvalue weighted by atomic mass is 9.98. The molecule has 5 nitrogen and oxygen atoms in total. The smallest absolute Gasteiger partial charge is 0.419 e. The molecule has 0 unspecified atom stereocenters. The summed E-state index contributed by atoms with van der Waals surface area (Å²) in [5.74, 6) is -1.99. The summed E-state index contributed by atoms with van der Waals surface area (Å²) in [6.07, 6.45) is -4.28. The van der Waals surface area contributed by atoms with E-state index in [1.807, 2.05) is 0 Å². The summed E-state index contributed by atoms with van der Waals surface area (Å²) in [5, 5.41) is 0. The van der Waals surface area contributed by atoms with Crippen LogP contribution in [0.1, 0.15) is 18.4 Å². The summed E-state index contributed by atoms with van der Waals surface area (Å²) in [4.78, 5) is 12.3. The van der Waals surface area contributed by atoms with Gasteiger partial charge in [-0.2, -0.15) is 17.5 Å². The van der Waals surface area contributed by atoms with Gasteiger partial charge in [0, 0.05) is 13.1 Å². The minimum atomic E-state index is -4.64. The van der Waals surface area contributed by atoms with Crippen LogP contribution in [0.5, 0.6) is 5.75 Å². The number of para-hydroxylation sites is 1. The van der Waals surface area contributed by atoms with Gasteiger partial charge in [-0.05, 0) is 53.0 Å². The van der Waals surface area contributed by atoms with Crippen molar-refractivity contribution < 1.29 is 31.1 Å². The quantitative estimate of drug-likeness (QED) is 0.459. The Morgan fingerprint density at radius 2 is 1.79 bits per heavy atom. The molecule has 0 saturated carbocycles. The van der Waals surface area contributed by atoms with E-state index in [9.17, 15) is 26.4 Å². The Kier molecular flexibility index (Phi) is 6.18. The van der Waals surface area contributed by atoms with E-state index in [1.54, 1.807) is 6.07 Å². The number of nitrogens with zero attached hydrogens (tertiary/aromatic N) is 1. The van der Waals surface area contributed by atoms with Gasteiger partial charge in [-0.15, -0.1) is 11.3 Å². The average molecular weight is 498 g/mol. The molecule has 1 aliphatic heterocycles. The number of benzene rings is 1. The maximum Gasteiger partial charge on any atom is 0.419 e. The molecule has 0 radical (unpaired) electrons. The van der Waals surface area contributed by atoms with E-state index in [0.29, 0.717) is 3.79 Å². The normalized spacial score (nSPS) is 16.9. The molecule has 11 heteroatoms. The number of alkyl halides is 3. The number of hydrogen-bond acceptors (Lipinski definition) is 5. The van der Waals surface area contributed by atoms with Gasteiger partial charge in [0.25, 0.3) is 10.0 Å². The topological polar surface area (TPSA) is 63.7 Å². The first-order valence-electron chi connectivity index (χ1n) is 8.22. The number of hydrogen-bond donors (Lipinski definition) is 0. The van der Waals surface area contributed by atoms with Crippen LogP contribution in [0.2, 0.25) is 0 Å². The van der Waals surface area contributed by atoms with E-state index in [4.69, 9.17) is 4.74 Å². The summed E-state index contributed by atoms with van der Waals surface area (Å²) in [6.45, 7) is 0.192. The summed E-state index contributed by atoms with van der Waals surface area (Å²) >= 11 is 4.31. The third-order valence-corrected chi connectivity index (χ3v) is 8.32. The van der Waals surface area contributed by atoms with Crippen LogP contribution in [0.3, 0.4) is 0 Å². The van der Waals surface area contributed by atoms with E-state index in [1.165, 1.54) is 22.5 Å². The molecule has 28 heavy (non-hydrogen) atoms. The largest absolute Gasteiger partial charge is 0.426 e. The predicted octanol–water partition coefficient (Wildman–Crippen LogP) is 4.54. The fraction of sp³-hybridized carbons (Fsp3) is 0.353. The predicted molar refractivity (Wildman–Crippen MR) is 101 cm³/mol. The Hall–Kier alpha value is -1.43. The van der Waals surface area contributed by atoms with Gasteiger partial charge in [-0.1, -0.05) is 12.1 Å². The van der Waals surface area contributed by atoms with Crippen molar-refractivity contribution >= 4 is 43.3 Å². The van der Waals surface area contributed by atoms with Crippen molar-refractivity contribution in [2.75, 3.05) is 13.1 Å². The molecular formula is C17H15BrF3NO4S2. The van der Waals surface area contributed by atoms with Crippen molar-refractivity contribution in [1.29, 1.82) is 0 Å². The van der Waals surface area contributed by atoms with Gasteiger partial charge in [0.05, 0.1) is 15.3 Å². The van der Waals surface area contributed by atoms with Crippen molar-refractivity contribution in [3.8, 4) is 5.75 Å². The van der Waals surface area contributed by atoms with E-state index >= 15 is 0 Å². The molecule has 0 amide bonds. The monoisotopic (exact) mass is 497 g/mol. The zero-order chi connectivity index (χ0) is 20.5. The Bertz CT molecular complexity index is 967. The Balaban J connectivity index is 1.65.